The van der Waals surface area contributed by atoms with Gasteiger partial charge in [0.1, 0.15) is 11.3 Å². The Morgan fingerprint density at radius 3 is 2.76 bits per heavy atom. The Labute approximate surface area is 97.2 Å². The van der Waals surface area contributed by atoms with E-state index in [4.69, 9.17) is 9.84 Å². The highest BCUT2D eigenvalue weighted by Gasteiger charge is 2.52. The Bertz CT molecular complexity index is 516. The van der Waals surface area contributed by atoms with E-state index >= 15 is 0 Å². The number of H-pyrrole nitrogens is 1. The van der Waals surface area contributed by atoms with Gasteiger partial charge < -0.3 is 19.7 Å². The maximum Gasteiger partial charge on any atom is 0.354 e. The van der Waals surface area contributed by atoms with Gasteiger partial charge in [-0.05, 0) is 12.8 Å². The molecule has 2 N–H and O–H groups in total. The summed E-state index contributed by atoms with van der Waals surface area (Å²) in [5.41, 5.74) is 0.0737. The molecule has 1 aliphatic heterocycles. The monoisotopic (exact) mass is 236 g/mol. The molecule has 1 aromatic rings. The van der Waals surface area contributed by atoms with E-state index in [-0.39, 0.29) is 17.2 Å². The number of anilines is 1. The highest BCUT2D eigenvalue weighted by atomic mass is 16.5. The third-order valence-corrected chi connectivity index (χ3v) is 3.26. The molecule has 2 heterocycles. The van der Waals surface area contributed by atoms with E-state index in [1.54, 1.807) is 0 Å². The average molecular weight is 236 g/mol. The fraction of sp³-hybridized carbons (Fsp3) is 0.455. The van der Waals surface area contributed by atoms with Crippen LogP contribution >= 0.6 is 0 Å². The highest BCUT2D eigenvalue weighted by Crippen LogP contribution is 2.49. The second-order valence-corrected chi connectivity index (χ2v) is 4.57. The largest absolute Gasteiger partial charge is 0.482 e. The molecular formula is C11H12N2O4. The van der Waals surface area contributed by atoms with Crippen molar-refractivity contribution in [3.05, 3.63) is 11.9 Å². The van der Waals surface area contributed by atoms with Gasteiger partial charge in [-0.1, -0.05) is 0 Å². The number of amides is 1. The lowest BCUT2D eigenvalue weighted by atomic mass is 10.2. The van der Waals surface area contributed by atoms with Gasteiger partial charge in [-0.15, -0.1) is 0 Å². The number of rotatable bonds is 1. The first-order chi connectivity index (χ1) is 8.02. The fourth-order valence-electron chi connectivity index (χ4n) is 2.21. The summed E-state index contributed by atoms with van der Waals surface area (Å²) in [6.07, 6.45) is 3.32. The lowest BCUT2D eigenvalue weighted by Crippen LogP contribution is -2.44. The van der Waals surface area contributed by atoms with Crippen LogP contribution in [0.4, 0.5) is 5.69 Å². The minimum Gasteiger partial charge on any atom is -0.482 e. The zero-order valence-corrected chi connectivity index (χ0v) is 9.32. The molecule has 1 aliphatic carbocycles. The molecule has 17 heavy (non-hydrogen) atoms. The van der Waals surface area contributed by atoms with Crippen LogP contribution < -0.4 is 9.64 Å². The molecule has 0 aromatic carbocycles. The topological polar surface area (TPSA) is 82.6 Å². The number of carbonyl (C=O) groups excluding carboxylic acids is 1. The first kappa shape index (κ1) is 10.2. The van der Waals surface area contributed by atoms with E-state index in [9.17, 15) is 9.59 Å². The smallest absolute Gasteiger partial charge is 0.354 e. The van der Waals surface area contributed by atoms with E-state index in [0.717, 1.165) is 12.8 Å². The van der Waals surface area contributed by atoms with E-state index < -0.39 is 5.97 Å². The van der Waals surface area contributed by atoms with E-state index in [0.29, 0.717) is 18.0 Å². The molecule has 1 fully saturated rings. The van der Waals surface area contributed by atoms with Crippen molar-refractivity contribution in [3.63, 3.8) is 0 Å². The third kappa shape index (κ3) is 1.40. The van der Waals surface area contributed by atoms with Crippen LogP contribution in [0.2, 0.25) is 0 Å². The van der Waals surface area contributed by atoms with Gasteiger partial charge in [0, 0.05) is 13.1 Å². The number of hydrogen-bond donors (Lipinski definition) is 2. The molecule has 1 spiro atoms. The fourth-order valence-corrected chi connectivity index (χ4v) is 2.21. The van der Waals surface area contributed by atoms with E-state index in [2.05, 4.69) is 4.98 Å². The zero-order chi connectivity index (χ0) is 12.2. The summed E-state index contributed by atoms with van der Waals surface area (Å²) in [5.74, 6) is -0.794. The first-order valence-electron chi connectivity index (χ1n) is 5.44. The molecule has 6 heteroatoms. The number of fused-ring (bicyclic) bond motifs is 1. The summed E-state index contributed by atoms with van der Waals surface area (Å²) >= 11 is 0. The third-order valence-electron chi connectivity index (χ3n) is 3.26. The molecule has 0 bridgehead atoms. The number of aromatic nitrogens is 1. The second kappa shape index (κ2) is 3.03. The van der Waals surface area contributed by atoms with Crippen molar-refractivity contribution in [3.8, 4) is 5.75 Å². The predicted octanol–water partition coefficient (Wildman–Crippen LogP) is 0.991. The Kier molecular flexibility index (Phi) is 1.81. The van der Waals surface area contributed by atoms with Crippen molar-refractivity contribution in [1.29, 1.82) is 0 Å². The number of ether oxygens (including phenoxy) is 1. The van der Waals surface area contributed by atoms with Crippen LogP contribution in [0.25, 0.3) is 0 Å². The van der Waals surface area contributed by atoms with Gasteiger partial charge in [0.15, 0.2) is 11.4 Å². The molecule has 90 valence electrons. The van der Waals surface area contributed by atoms with Crippen LogP contribution in [0.1, 0.15) is 30.3 Å². The number of carbonyl (C=O) groups is 2. The molecule has 6 nitrogen and oxygen atoms in total. The average Bonchev–Trinajstić information content (AvgIpc) is 2.86. The van der Waals surface area contributed by atoms with Crippen LogP contribution in [0.3, 0.4) is 0 Å². The molecule has 1 saturated carbocycles. The summed E-state index contributed by atoms with van der Waals surface area (Å²) in [6.45, 7) is 1.87. The van der Waals surface area contributed by atoms with Crippen molar-refractivity contribution in [2.45, 2.75) is 25.4 Å². The molecule has 0 atom stereocenters. The molecule has 1 aromatic heterocycles. The second-order valence-electron chi connectivity index (χ2n) is 4.57. The highest BCUT2D eigenvalue weighted by molar-refractivity contribution is 6.02. The zero-order valence-electron chi connectivity index (χ0n) is 9.32. The number of aromatic amines is 1. The number of nitrogens with zero attached hydrogens (tertiary/aromatic N) is 1. The lowest BCUT2D eigenvalue weighted by Gasteiger charge is -2.33. The first-order valence-corrected chi connectivity index (χ1v) is 5.44. The van der Waals surface area contributed by atoms with Gasteiger partial charge >= 0.3 is 5.97 Å². The van der Waals surface area contributed by atoms with Crippen molar-refractivity contribution < 1.29 is 19.4 Å². The van der Waals surface area contributed by atoms with E-state index in [1.807, 2.05) is 0 Å². The number of carboxylic acid groups (broad SMARTS) is 1. The Balaban J connectivity index is 2.11. The van der Waals surface area contributed by atoms with Crippen LogP contribution in [0.15, 0.2) is 6.20 Å². The molecule has 0 saturated heterocycles. The minimum atomic E-state index is -1.09. The maximum atomic E-state index is 11.6. The van der Waals surface area contributed by atoms with Crippen LogP contribution in [0.5, 0.6) is 5.75 Å². The van der Waals surface area contributed by atoms with Crippen LogP contribution in [-0.2, 0) is 4.79 Å². The summed E-state index contributed by atoms with van der Waals surface area (Å²) in [4.78, 5) is 26.8. The Hall–Kier alpha value is -1.98. The van der Waals surface area contributed by atoms with Gasteiger partial charge in [0.05, 0.1) is 6.54 Å². The summed E-state index contributed by atoms with van der Waals surface area (Å²) in [5, 5.41) is 9.05. The summed E-state index contributed by atoms with van der Waals surface area (Å²) < 4.78 is 5.75. The summed E-state index contributed by atoms with van der Waals surface area (Å²) in [6, 6.07) is 0. The molecule has 1 amide bonds. The van der Waals surface area contributed by atoms with Gasteiger partial charge in [-0.25, -0.2) is 4.79 Å². The Morgan fingerprint density at radius 1 is 1.53 bits per heavy atom. The van der Waals surface area contributed by atoms with Gasteiger partial charge in [0.25, 0.3) is 0 Å². The molecular weight excluding hydrogens is 224 g/mol. The quantitative estimate of drug-likeness (QED) is 0.761. The van der Waals surface area contributed by atoms with Gasteiger partial charge in [-0.3, -0.25) is 4.79 Å². The van der Waals surface area contributed by atoms with Crippen molar-refractivity contribution >= 4 is 17.6 Å². The number of nitrogens with one attached hydrogen (secondary N) is 1. The van der Waals surface area contributed by atoms with Gasteiger partial charge in [-0.2, -0.15) is 0 Å². The normalized spacial score (nSPS) is 19.7. The standard InChI is InChI=1S/C11H12N2O4/c1-6(14)13-5-11(2-3-11)17-7-4-12-8(9(7)13)10(15)16/h4,12H,2-3,5H2,1H3,(H,15,16). The van der Waals surface area contributed by atoms with Gasteiger partial charge in [0.2, 0.25) is 5.91 Å². The summed E-state index contributed by atoms with van der Waals surface area (Å²) in [7, 11) is 0. The molecule has 3 rings (SSSR count). The van der Waals surface area contributed by atoms with Crippen molar-refractivity contribution in [1.82, 2.24) is 4.98 Å². The maximum absolute atomic E-state index is 11.6. The number of aromatic carboxylic acids is 1. The molecule has 0 radical (unpaired) electrons. The van der Waals surface area contributed by atoms with Crippen LogP contribution in [0, 0.1) is 0 Å². The predicted molar refractivity (Wildman–Crippen MR) is 58.4 cm³/mol. The Morgan fingerprint density at radius 2 is 2.24 bits per heavy atom. The van der Waals surface area contributed by atoms with E-state index in [1.165, 1.54) is 18.0 Å². The lowest BCUT2D eigenvalue weighted by molar-refractivity contribution is -0.117. The van der Waals surface area contributed by atoms with Crippen molar-refractivity contribution in [2.24, 2.45) is 0 Å². The van der Waals surface area contributed by atoms with Crippen LogP contribution in [-0.4, -0.2) is 34.1 Å². The number of carboxylic acids is 1. The minimum absolute atomic E-state index is 0.00528. The SMILES string of the molecule is CC(=O)N1CC2(CC2)Oc2c[nH]c(C(=O)O)c21. The molecule has 0 unspecified atom stereocenters. The number of hydrogen-bond acceptors (Lipinski definition) is 3. The van der Waals surface area contributed by atoms with Crippen molar-refractivity contribution in [2.75, 3.05) is 11.4 Å². The molecule has 2 aliphatic rings.